The lowest BCUT2D eigenvalue weighted by Gasteiger charge is -2.27. The van der Waals surface area contributed by atoms with Crippen molar-refractivity contribution >= 4 is 50.1 Å². The molecule has 1 N–H and O–H groups in total. The van der Waals surface area contributed by atoms with Crippen LogP contribution in [0.3, 0.4) is 0 Å². The third-order valence-electron chi connectivity index (χ3n) is 5.01. The van der Waals surface area contributed by atoms with Crippen LogP contribution in [0.2, 0.25) is 0 Å². The maximum atomic E-state index is 12.9. The van der Waals surface area contributed by atoms with E-state index in [0.717, 1.165) is 9.99 Å². The molecule has 0 aliphatic carbocycles. The summed E-state index contributed by atoms with van der Waals surface area (Å²) in [6.45, 7) is 2.26. The zero-order valence-corrected chi connectivity index (χ0v) is 17.7. The van der Waals surface area contributed by atoms with E-state index in [2.05, 4.69) is 21.2 Å². The van der Waals surface area contributed by atoms with Gasteiger partial charge in [-0.05, 0) is 30.3 Å². The van der Waals surface area contributed by atoms with Crippen molar-refractivity contribution in [2.45, 2.75) is 6.54 Å². The average molecular weight is 470 g/mol. The Balaban J connectivity index is 1.57. The molecule has 0 unspecified atom stereocenters. The van der Waals surface area contributed by atoms with E-state index in [1.165, 1.54) is 0 Å². The number of anilines is 1. The van der Waals surface area contributed by atoms with Gasteiger partial charge in [0, 0.05) is 40.3 Å². The third-order valence-corrected chi connectivity index (χ3v) is 5.54. The number of Topliss-reactive ketones (excluding diaryl/α,β-unsaturated/α-hetero) is 1. The largest absolute Gasteiger partial charge is 0.378 e. The Morgan fingerprint density at radius 2 is 1.70 bits per heavy atom. The van der Waals surface area contributed by atoms with Gasteiger partial charge in [0.15, 0.2) is 0 Å². The Morgan fingerprint density at radius 3 is 2.43 bits per heavy atom. The standard InChI is InChI=1S/C22H20BrN3O4/c23-15-5-7-16(8-6-15)24-22(29)21(28)18-13-26(19-4-2-1-3-17(18)19)14-20(27)25-9-11-30-12-10-25/h1-8,13H,9-12,14H2,(H,24,29). The highest BCUT2D eigenvalue weighted by Gasteiger charge is 2.23. The van der Waals surface area contributed by atoms with Crippen LogP contribution in [0.5, 0.6) is 0 Å². The van der Waals surface area contributed by atoms with Gasteiger partial charge in [0.2, 0.25) is 5.91 Å². The van der Waals surface area contributed by atoms with Gasteiger partial charge in [-0.1, -0.05) is 34.1 Å². The number of hydrogen-bond donors (Lipinski definition) is 1. The van der Waals surface area contributed by atoms with Crippen LogP contribution in [-0.2, 0) is 20.9 Å². The van der Waals surface area contributed by atoms with Crippen molar-refractivity contribution in [3.8, 4) is 0 Å². The molecule has 0 atom stereocenters. The first kappa shape index (κ1) is 20.3. The predicted molar refractivity (Wildman–Crippen MR) is 116 cm³/mol. The van der Waals surface area contributed by atoms with Gasteiger partial charge in [-0.25, -0.2) is 0 Å². The molecule has 154 valence electrons. The van der Waals surface area contributed by atoms with E-state index in [-0.39, 0.29) is 18.0 Å². The molecule has 2 aromatic carbocycles. The molecule has 1 aromatic heterocycles. The summed E-state index contributed by atoms with van der Waals surface area (Å²) in [4.78, 5) is 39.9. The van der Waals surface area contributed by atoms with Crippen molar-refractivity contribution in [1.82, 2.24) is 9.47 Å². The number of nitrogens with one attached hydrogen (secondary N) is 1. The minimum absolute atomic E-state index is 0.0441. The monoisotopic (exact) mass is 469 g/mol. The van der Waals surface area contributed by atoms with Crippen LogP contribution in [0.4, 0.5) is 5.69 Å². The second kappa shape index (κ2) is 8.81. The minimum atomic E-state index is -0.722. The second-order valence-corrected chi connectivity index (χ2v) is 7.89. The van der Waals surface area contributed by atoms with E-state index in [4.69, 9.17) is 4.74 Å². The molecular weight excluding hydrogens is 450 g/mol. The van der Waals surface area contributed by atoms with Crippen LogP contribution in [0.25, 0.3) is 10.9 Å². The third kappa shape index (κ3) is 4.29. The molecule has 2 heterocycles. The van der Waals surface area contributed by atoms with E-state index in [0.29, 0.717) is 37.4 Å². The molecule has 7 nitrogen and oxygen atoms in total. The van der Waals surface area contributed by atoms with Gasteiger partial charge in [0.1, 0.15) is 6.54 Å². The molecule has 1 aliphatic rings. The maximum absolute atomic E-state index is 12.9. The highest BCUT2D eigenvalue weighted by atomic mass is 79.9. The van der Waals surface area contributed by atoms with Crippen LogP contribution in [-0.4, -0.2) is 53.4 Å². The number of halogens is 1. The van der Waals surface area contributed by atoms with Crippen LogP contribution in [0.15, 0.2) is 59.2 Å². The fourth-order valence-corrected chi connectivity index (χ4v) is 3.72. The van der Waals surface area contributed by atoms with Crippen molar-refractivity contribution in [3.63, 3.8) is 0 Å². The lowest BCUT2D eigenvalue weighted by atomic mass is 10.1. The Bertz CT molecular complexity index is 1100. The molecule has 8 heteroatoms. The number of benzene rings is 2. The molecule has 0 saturated carbocycles. The summed E-state index contributed by atoms with van der Waals surface area (Å²) in [5, 5.41) is 3.27. The summed E-state index contributed by atoms with van der Waals surface area (Å²) in [7, 11) is 0. The number of aromatic nitrogens is 1. The summed E-state index contributed by atoms with van der Waals surface area (Å²) in [5.74, 6) is -1.41. The Morgan fingerprint density at radius 1 is 1.00 bits per heavy atom. The number of carbonyl (C=O) groups is 3. The quantitative estimate of drug-likeness (QED) is 0.459. The number of para-hydroxylation sites is 1. The molecular formula is C22H20BrN3O4. The van der Waals surface area contributed by atoms with Gasteiger partial charge in [-0.3, -0.25) is 14.4 Å². The van der Waals surface area contributed by atoms with E-state index in [9.17, 15) is 14.4 Å². The summed E-state index contributed by atoms with van der Waals surface area (Å²) in [5.41, 5.74) is 1.54. The molecule has 3 aromatic rings. The average Bonchev–Trinajstić information content (AvgIpc) is 3.14. The van der Waals surface area contributed by atoms with Gasteiger partial charge >= 0.3 is 0 Å². The smallest absolute Gasteiger partial charge is 0.296 e. The number of hydrogen-bond acceptors (Lipinski definition) is 4. The van der Waals surface area contributed by atoms with Crippen molar-refractivity contribution in [2.75, 3.05) is 31.6 Å². The van der Waals surface area contributed by atoms with E-state index < -0.39 is 11.7 Å². The lowest BCUT2D eigenvalue weighted by molar-refractivity contribution is -0.135. The molecule has 2 amide bonds. The van der Waals surface area contributed by atoms with Crippen LogP contribution >= 0.6 is 15.9 Å². The molecule has 1 fully saturated rings. The van der Waals surface area contributed by atoms with E-state index >= 15 is 0 Å². The zero-order chi connectivity index (χ0) is 21.1. The highest BCUT2D eigenvalue weighted by molar-refractivity contribution is 9.10. The SMILES string of the molecule is O=C(Nc1ccc(Br)cc1)C(=O)c1cn(CC(=O)N2CCOCC2)c2ccccc12. The summed E-state index contributed by atoms with van der Waals surface area (Å²) >= 11 is 3.34. The topological polar surface area (TPSA) is 80.6 Å². The molecule has 4 rings (SSSR count). The first-order valence-electron chi connectivity index (χ1n) is 9.57. The van der Waals surface area contributed by atoms with Gasteiger partial charge in [-0.15, -0.1) is 0 Å². The van der Waals surface area contributed by atoms with Crippen molar-refractivity contribution in [3.05, 3.63) is 64.8 Å². The summed E-state index contributed by atoms with van der Waals surface area (Å²) < 4.78 is 7.90. The lowest BCUT2D eigenvalue weighted by Crippen LogP contribution is -2.42. The number of ketones is 1. The fourth-order valence-electron chi connectivity index (χ4n) is 3.46. The number of ether oxygens (including phenoxy) is 1. The maximum Gasteiger partial charge on any atom is 0.296 e. The van der Waals surface area contributed by atoms with Gasteiger partial charge in [-0.2, -0.15) is 0 Å². The molecule has 30 heavy (non-hydrogen) atoms. The first-order valence-corrected chi connectivity index (χ1v) is 10.4. The van der Waals surface area contributed by atoms with Crippen molar-refractivity contribution < 1.29 is 19.1 Å². The number of morpholine rings is 1. The van der Waals surface area contributed by atoms with Gasteiger partial charge < -0.3 is 19.5 Å². The minimum Gasteiger partial charge on any atom is -0.378 e. The number of carbonyl (C=O) groups excluding carboxylic acids is 3. The summed E-state index contributed by atoms with van der Waals surface area (Å²) in [6.07, 6.45) is 1.59. The first-order chi connectivity index (χ1) is 14.5. The highest BCUT2D eigenvalue weighted by Crippen LogP contribution is 2.23. The predicted octanol–water partition coefficient (Wildman–Crippen LogP) is 3.08. The molecule has 1 aliphatic heterocycles. The molecule has 1 saturated heterocycles. The second-order valence-electron chi connectivity index (χ2n) is 6.97. The van der Waals surface area contributed by atoms with Crippen molar-refractivity contribution in [1.29, 1.82) is 0 Å². The fraction of sp³-hybridized carbons (Fsp3) is 0.227. The number of fused-ring (bicyclic) bond motifs is 1. The summed E-state index contributed by atoms with van der Waals surface area (Å²) in [6, 6.07) is 14.2. The number of amides is 2. The Kier molecular flexibility index (Phi) is 5.96. The normalized spacial score (nSPS) is 14.0. The zero-order valence-electron chi connectivity index (χ0n) is 16.1. The van der Waals surface area contributed by atoms with Gasteiger partial charge in [0.05, 0.1) is 18.8 Å². The molecule has 0 bridgehead atoms. The Labute approximate surface area is 181 Å². The van der Waals surface area contributed by atoms with E-state index in [1.807, 2.05) is 12.1 Å². The number of nitrogens with zero attached hydrogens (tertiary/aromatic N) is 2. The van der Waals surface area contributed by atoms with Crippen LogP contribution in [0.1, 0.15) is 10.4 Å². The Hall–Kier alpha value is -2.97. The number of rotatable bonds is 5. The molecule has 0 radical (unpaired) electrons. The van der Waals surface area contributed by atoms with Crippen LogP contribution in [0, 0.1) is 0 Å². The van der Waals surface area contributed by atoms with Crippen LogP contribution < -0.4 is 5.32 Å². The molecule has 0 spiro atoms. The van der Waals surface area contributed by atoms with Gasteiger partial charge in [0.25, 0.3) is 11.7 Å². The van der Waals surface area contributed by atoms with Crippen molar-refractivity contribution in [2.24, 2.45) is 0 Å². The van der Waals surface area contributed by atoms with E-state index in [1.54, 1.807) is 52.1 Å².